The number of aromatic hydroxyl groups is 9. The molecule has 0 heterocycles. The number of hydrogen-bond donors (Lipinski definition) is 9. The van der Waals surface area contributed by atoms with Gasteiger partial charge >= 0.3 is 0 Å². The van der Waals surface area contributed by atoms with Crippen molar-refractivity contribution in [2.45, 2.75) is 112 Å². The molecule has 438 valence electrons. The predicted octanol–water partition coefficient (Wildman–Crippen LogP) is 17.0. The molecule has 0 saturated carbocycles. The lowest BCUT2D eigenvalue weighted by Gasteiger charge is -2.36. The van der Waals surface area contributed by atoms with E-state index in [1.165, 1.54) is 0 Å². The molecule has 0 unspecified atom stereocenters. The molecule has 0 bridgehead atoms. The number of rotatable bonds is 14. The van der Waals surface area contributed by atoms with E-state index in [1.807, 2.05) is 153 Å². The Morgan fingerprint density at radius 1 is 0.233 bits per heavy atom. The van der Waals surface area contributed by atoms with E-state index in [-0.39, 0.29) is 51.7 Å². The fourth-order valence-corrected chi connectivity index (χ4v) is 12.7. The van der Waals surface area contributed by atoms with E-state index in [2.05, 4.69) is 63.2 Å². The van der Waals surface area contributed by atoms with Crippen LogP contribution in [-0.4, -0.2) is 46.0 Å². The summed E-state index contributed by atoms with van der Waals surface area (Å²) in [5, 5.41) is 102. The minimum absolute atomic E-state index is 0.0922. The summed E-state index contributed by atoms with van der Waals surface area (Å²) in [6.07, 6.45) is 0. The largest absolute Gasteiger partial charge is 0.508 e. The Morgan fingerprint density at radius 2 is 0.453 bits per heavy atom. The fraction of sp³-hybridized carbons (Fsp3) is 0.221. The highest BCUT2D eigenvalue weighted by Crippen LogP contribution is 2.51. The maximum absolute atomic E-state index is 12.5. The molecule has 10 rings (SSSR count). The number of phenolic OH excluding ortho intramolecular Hbond substituents is 9. The third-order valence-corrected chi connectivity index (χ3v) is 18.3. The molecule has 0 aliphatic rings. The van der Waals surface area contributed by atoms with Crippen molar-refractivity contribution in [1.82, 2.24) is 0 Å². The molecule has 9 nitrogen and oxygen atoms in total. The highest BCUT2D eigenvalue weighted by Gasteiger charge is 2.38. The maximum atomic E-state index is 12.5. The van der Waals surface area contributed by atoms with Gasteiger partial charge in [0.15, 0.2) is 0 Å². The van der Waals surface area contributed by atoms with Gasteiger partial charge in [-0.2, -0.15) is 0 Å². The average molecular weight is 1150 g/mol. The maximum Gasteiger partial charge on any atom is 0.122 e. The van der Waals surface area contributed by atoms with Gasteiger partial charge in [-0.05, 0) is 229 Å². The second kappa shape index (κ2) is 22.8. The SMILES string of the molecule is Cc1cc(C(c2ccc(O)c(C)c2)c2cc(C(C)(C)c3ccc(C(C)(c4cc(C)c(O)c(C(c5ccc(O)c(C)c5)c5ccc(O)c(C)c5)c4)c4cc(C)c(O)c(C(c5ccc(O)c(C)c5)c5ccc(O)c(C)c5)c4)cc3)cc(C)c2O)ccc1O. The first-order valence-electron chi connectivity index (χ1n) is 29.1. The van der Waals surface area contributed by atoms with Gasteiger partial charge in [0.05, 0.1) is 0 Å². The van der Waals surface area contributed by atoms with Crippen molar-refractivity contribution in [2.75, 3.05) is 0 Å². The smallest absolute Gasteiger partial charge is 0.122 e. The zero-order valence-electron chi connectivity index (χ0n) is 50.9. The van der Waals surface area contributed by atoms with Crippen LogP contribution in [0.4, 0.5) is 0 Å². The van der Waals surface area contributed by atoms with Crippen LogP contribution in [0.5, 0.6) is 51.7 Å². The third kappa shape index (κ3) is 10.8. The summed E-state index contributed by atoms with van der Waals surface area (Å²) in [4.78, 5) is 0. The Labute approximate surface area is 504 Å². The molecule has 10 aromatic carbocycles. The second-order valence-corrected chi connectivity index (χ2v) is 24.6. The molecule has 0 atom stereocenters. The highest BCUT2D eigenvalue weighted by molar-refractivity contribution is 5.65. The average Bonchev–Trinajstić information content (AvgIpc) is 1.02. The van der Waals surface area contributed by atoms with Crippen LogP contribution >= 0.6 is 0 Å². The van der Waals surface area contributed by atoms with Crippen molar-refractivity contribution in [1.29, 1.82) is 0 Å². The van der Waals surface area contributed by atoms with Crippen molar-refractivity contribution in [3.8, 4) is 51.7 Å². The van der Waals surface area contributed by atoms with E-state index < -0.39 is 28.6 Å². The molecule has 0 spiro atoms. The van der Waals surface area contributed by atoms with Crippen molar-refractivity contribution in [2.24, 2.45) is 0 Å². The van der Waals surface area contributed by atoms with Crippen LogP contribution in [0.25, 0.3) is 0 Å². The quantitative estimate of drug-likeness (QED) is 0.0479. The first kappa shape index (κ1) is 59.6. The number of benzene rings is 10. The second-order valence-electron chi connectivity index (χ2n) is 24.6. The molecule has 9 heteroatoms. The summed E-state index contributed by atoms with van der Waals surface area (Å²) in [5.41, 5.74) is 15.7. The molecule has 0 fully saturated rings. The molecule has 0 aliphatic carbocycles. The van der Waals surface area contributed by atoms with Crippen LogP contribution in [-0.2, 0) is 10.8 Å². The molecule has 86 heavy (non-hydrogen) atoms. The molecule has 9 N–H and O–H groups in total. The molecule has 10 aromatic rings. The standard InChI is InChI=1S/C77H76O9/c1-41-29-50(13-23-64(41)78)70(51-14-24-65(79)42(2)30-51)61-38-58(35-47(7)73(61)84)76(10,11)56-19-21-57(22-20-56)77(12,59-36-48(8)74(85)62(39-59)71(52-15-25-66(80)43(3)31-52)53-16-26-67(81)44(4)32-53)60-37-49(9)75(86)63(40-60)72(54-17-27-68(82)45(5)33-54)55-18-28-69(83)46(6)34-55/h13-40,70-72,78-86H,1-12H3. The van der Waals surface area contributed by atoms with E-state index in [0.29, 0.717) is 66.8 Å². The lowest BCUT2D eigenvalue weighted by molar-refractivity contribution is 0.460. The van der Waals surface area contributed by atoms with Crippen LogP contribution in [0, 0.1) is 62.3 Å². The van der Waals surface area contributed by atoms with Crippen molar-refractivity contribution in [3.05, 3.63) is 298 Å². The van der Waals surface area contributed by atoms with E-state index in [4.69, 9.17) is 0 Å². The van der Waals surface area contributed by atoms with Gasteiger partial charge in [-0.3, -0.25) is 0 Å². The first-order chi connectivity index (χ1) is 40.7. The van der Waals surface area contributed by atoms with Gasteiger partial charge in [-0.15, -0.1) is 0 Å². The molecule has 0 amide bonds. The van der Waals surface area contributed by atoms with Gasteiger partial charge in [-0.1, -0.05) is 135 Å². The van der Waals surface area contributed by atoms with E-state index in [9.17, 15) is 46.0 Å². The molecule has 0 saturated heterocycles. The van der Waals surface area contributed by atoms with Gasteiger partial charge in [0.25, 0.3) is 0 Å². The van der Waals surface area contributed by atoms with Gasteiger partial charge in [0, 0.05) is 45.3 Å². The summed E-state index contributed by atoms with van der Waals surface area (Å²) in [6, 6.07) is 53.6. The molecular weight excluding hydrogens is 1070 g/mol. The van der Waals surface area contributed by atoms with Crippen LogP contribution in [0.3, 0.4) is 0 Å². The van der Waals surface area contributed by atoms with Crippen LogP contribution in [0.1, 0.15) is 166 Å². The summed E-state index contributed by atoms with van der Waals surface area (Å²) < 4.78 is 0. The van der Waals surface area contributed by atoms with E-state index in [1.54, 1.807) is 36.4 Å². The van der Waals surface area contributed by atoms with Crippen LogP contribution < -0.4 is 0 Å². The number of aryl methyl sites for hydroxylation is 9. The fourth-order valence-electron chi connectivity index (χ4n) is 12.7. The van der Waals surface area contributed by atoms with Gasteiger partial charge in [0.1, 0.15) is 51.7 Å². The first-order valence-corrected chi connectivity index (χ1v) is 29.1. The molecular formula is C77H76O9. The zero-order valence-corrected chi connectivity index (χ0v) is 50.9. The van der Waals surface area contributed by atoms with Gasteiger partial charge in [0.2, 0.25) is 0 Å². The minimum atomic E-state index is -1.04. The van der Waals surface area contributed by atoms with E-state index >= 15 is 0 Å². The third-order valence-electron chi connectivity index (χ3n) is 18.3. The number of phenols is 9. The van der Waals surface area contributed by atoms with Crippen LogP contribution in [0.15, 0.2) is 170 Å². The summed E-state index contributed by atoms with van der Waals surface area (Å²) in [6.45, 7) is 23.3. The summed E-state index contributed by atoms with van der Waals surface area (Å²) in [7, 11) is 0. The minimum Gasteiger partial charge on any atom is -0.508 e. The van der Waals surface area contributed by atoms with Crippen LogP contribution in [0.2, 0.25) is 0 Å². The topological polar surface area (TPSA) is 182 Å². The Morgan fingerprint density at radius 3 is 0.698 bits per heavy atom. The normalized spacial score (nSPS) is 12.0. The Kier molecular flexibility index (Phi) is 15.8. The van der Waals surface area contributed by atoms with Crippen molar-refractivity contribution < 1.29 is 46.0 Å². The summed E-state index contributed by atoms with van der Waals surface area (Å²) >= 11 is 0. The van der Waals surface area contributed by atoms with Crippen molar-refractivity contribution >= 4 is 0 Å². The Bertz CT molecular complexity index is 3970. The van der Waals surface area contributed by atoms with Gasteiger partial charge < -0.3 is 46.0 Å². The monoisotopic (exact) mass is 1140 g/mol. The molecule has 0 aliphatic heterocycles. The highest BCUT2D eigenvalue weighted by atomic mass is 16.3. The predicted molar refractivity (Wildman–Crippen MR) is 343 cm³/mol. The lowest BCUT2D eigenvalue weighted by Crippen LogP contribution is -2.27. The Hall–Kier alpha value is -9.60. The number of hydrogen-bond acceptors (Lipinski definition) is 9. The summed E-state index contributed by atoms with van der Waals surface area (Å²) in [5.74, 6) is -0.355. The zero-order chi connectivity index (χ0) is 62.0. The van der Waals surface area contributed by atoms with Gasteiger partial charge in [-0.25, -0.2) is 0 Å². The lowest BCUT2D eigenvalue weighted by atomic mass is 9.67. The Balaban J connectivity index is 1.20. The molecule has 0 radical (unpaired) electrons. The van der Waals surface area contributed by atoms with Crippen molar-refractivity contribution in [3.63, 3.8) is 0 Å². The molecule has 0 aromatic heterocycles. The van der Waals surface area contributed by atoms with E-state index in [0.717, 1.165) is 61.2 Å².